The average molecular weight is 443 g/mol. The highest BCUT2D eigenvalue weighted by Crippen LogP contribution is 2.30. The van der Waals surface area contributed by atoms with Crippen LogP contribution in [0.2, 0.25) is 5.02 Å². The summed E-state index contributed by atoms with van der Waals surface area (Å²) in [6, 6.07) is 10.3. The maximum atomic E-state index is 13.7. The zero-order valence-electron chi connectivity index (χ0n) is 16.3. The Kier molecular flexibility index (Phi) is 4.74. The molecule has 2 aromatic carbocycles. The zero-order valence-corrected chi connectivity index (χ0v) is 17.0. The lowest BCUT2D eigenvalue weighted by atomic mass is 10.2. The molecule has 0 unspecified atom stereocenters. The van der Waals surface area contributed by atoms with Gasteiger partial charge in [-0.25, -0.2) is 23.1 Å². The molecule has 9 heteroatoms. The van der Waals surface area contributed by atoms with Crippen molar-refractivity contribution in [3.8, 4) is 5.69 Å². The first-order chi connectivity index (χ1) is 14.9. The van der Waals surface area contributed by atoms with E-state index in [1.54, 1.807) is 28.8 Å². The maximum absolute atomic E-state index is 13.7. The number of halogens is 3. The number of imidazole rings is 1. The van der Waals surface area contributed by atoms with E-state index in [9.17, 15) is 18.4 Å². The van der Waals surface area contributed by atoms with E-state index in [1.165, 1.54) is 21.5 Å². The SMILES string of the molecule is O=c1c2c(ncn2Cc2ccc(F)c(F)c2)n(-c2cccc(Cl)c2)c(=O)n1CC1CC1. The summed E-state index contributed by atoms with van der Waals surface area (Å²) in [5.41, 5.74) is 0.420. The van der Waals surface area contributed by atoms with Crippen LogP contribution in [0.4, 0.5) is 8.78 Å². The second kappa shape index (κ2) is 7.46. The van der Waals surface area contributed by atoms with Gasteiger partial charge in [0.05, 0.1) is 12.0 Å². The standard InChI is InChI=1S/C22H17ClF2N4O2/c23-15-2-1-3-16(9-15)29-20-19(21(30)28(22(29)31)11-13-4-5-13)27(12-26-20)10-14-6-7-17(24)18(25)8-14/h1-3,6-9,12-13H,4-5,10-11H2. The Hall–Kier alpha value is -3.26. The number of fused-ring (bicyclic) bond motifs is 1. The second-order valence-corrected chi connectivity index (χ2v) is 8.19. The molecule has 2 aromatic heterocycles. The quantitative estimate of drug-likeness (QED) is 0.473. The number of rotatable bonds is 5. The Balaban J connectivity index is 1.74. The van der Waals surface area contributed by atoms with Crippen molar-refractivity contribution in [2.24, 2.45) is 5.92 Å². The van der Waals surface area contributed by atoms with Crippen LogP contribution in [0.15, 0.2) is 58.4 Å². The normalized spacial score (nSPS) is 13.8. The fourth-order valence-corrected chi connectivity index (χ4v) is 3.89. The number of benzene rings is 2. The summed E-state index contributed by atoms with van der Waals surface area (Å²) in [5, 5.41) is 0.443. The minimum Gasteiger partial charge on any atom is -0.320 e. The molecule has 0 spiro atoms. The van der Waals surface area contributed by atoms with E-state index < -0.39 is 22.9 Å². The number of hydrogen-bond donors (Lipinski definition) is 0. The largest absolute Gasteiger partial charge is 0.337 e. The highest BCUT2D eigenvalue weighted by Gasteiger charge is 2.26. The van der Waals surface area contributed by atoms with Crippen LogP contribution in [0, 0.1) is 17.6 Å². The van der Waals surface area contributed by atoms with Crippen molar-refractivity contribution in [3.05, 3.63) is 91.9 Å². The van der Waals surface area contributed by atoms with Gasteiger partial charge in [0.2, 0.25) is 0 Å². The minimum atomic E-state index is -0.969. The Bertz CT molecular complexity index is 1440. The van der Waals surface area contributed by atoms with Crippen molar-refractivity contribution in [3.63, 3.8) is 0 Å². The maximum Gasteiger partial charge on any atom is 0.337 e. The summed E-state index contributed by atoms with van der Waals surface area (Å²) in [6.45, 7) is 0.421. The van der Waals surface area contributed by atoms with Crippen LogP contribution in [-0.4, -0.2) is 18.7 Å². The first-order valence-electron chi connectivity index (χ1n) is 9.83. The van der Waals surface area contributed by atoms with Gasteiger partial charge in [-0.15, -0.1) is 0 Å². The van der Waals surface area contributed by atoms with Crippen molar-refractivity contribution in [2.45, 2.75) is 25.9 Å². The van der Waals surface area contributed by atoms with E-state index in [0.29, 0.717) is 28.7 Å². The zero-order chi connectivity index (χ0) is 21.7. The third kappa shape index (κ3) is 3.57. The molecule has 0 amide bonds. The van der Waals surface area contributed by atoms with Crippen molar-refractivity contribution < 1.29 is 8.78 Å². The van der Waals surface area contributed by atoms with E-state index in [1.807, 2.05) is 0 Å². The van der Waals surface area contributed by atoms with Crippen LogP contribution >= 0.6 is 11.6 Å². The molecular weight excluding hydrogens is 426 g/mol. The van der Waals surface area contributed by atoms with Gasteiger partial charge >= 0.3 is 5.69 Å². The van der Waals surface area contributed by atoms with Gasteiger partial charge in [0.15, 0.2) is 22.8 Å². The van der Waals surface area contributed by atoms with Gasteiger partial charge in [0.25, 0.3) is 5.56 Å². The second-order valence-electron chi connectivity index (χ2n) is 7.75. The summed E-state index contributed by atoms with van der Waals surface area (Å²) in [4.78, 5) is 30.9. The summed E-state index contributed by atoms with van der Waals surface area (Å²) in [7, 11) is 0. The van der Waals surface area contributed by atoms with Gasteiger partial charge in [0, 0.05) is 18.1 Å². The summed E-state index contributed by atoms with van der Waals surface area (Å²) < 4.78 is 31.1. The number of hydrogen-bond acceptors (Lipinski definition) is 3. The average Bonchev–Trinajstić information content (AvgIpc) is 3.47. The highest BCUT2D eigenvalue weighted by molar-refractivity contribution is 6.30. The third-order valence-electron chi connectivity index (χ3n) is 5.44. The van der Waals surface area contributed by atoms with E-state index in [4.69, 9.17) is 11.6 Å². The molecule has 1 aliphatic carbocycles. The molecule has 2 heterocycles. The molecule has 31 heavy (non-hydrogen) atoms. The van der Waals surface area contributed by atoms with Crippen LogP contribution in [0.1, 0.15) is 18.4 Å². The Morgan fingerprint density at radius 1 is 1.06 bits per heavy atom. The van der Waals surface area contributed by atoms with Crippen LogP contribution < -0.4 is 11.2 Å². The lowest BCUT2D eigenvalue weighted by Gasteiger charge is -2.13. The molecule has 1 saturated carbocycles. The van der Waals surface area contributed by atoms with Gasteiger partial charge in [-0.05, 0) is 54.7 Å². The molecule has 1 fully saturated rings. The fourth-order valence-electron chi connectivity index (χ4n) is 3.70. The van der Waals surface area contributed by atoms with Crippen LogP contribution in [0.5, 0.6) is 0 Å². The van der Waals surface area contributed by atoms with Crippen molar-refractivity contribution in [1.29, 1.82) is 0 Å². The molecule has 1 aliphatic rings. The lowest BCUT2D eigenvalue weighted by molar-refractivity contribution is 0.506. The third-order valence-corrected chi connectivity index (χ3v) is 5.68. The topological polar surface area (TPSA) is 61.8 Å². The molecule has 0 N–H and O–H groups in total. The minimum absolute atomic E-state index is 0.0973. The summed E-state index contributed by atoms with van der Waals surface area (Å²) in [6.07, 6.45) is 3.36. The number of nitrogens with zero attached hydrogens (tertiary/aromatic N) is 4. The molecule has 0 saturated heterocycles. The van der Waals surface area contributed by atoms with Gasteiger partial charge < -0.3 is 4.57 Å². The van der Waals surface area contributed by atoms with Crippen molar-refractivity contribution >= 4 is 22.8 Å². The smallest absolute Gasteiger partial charge is 0.320 e. The van der Waals surface area contributed by atoms with Gasteiger partial charge in [-0.2, -0.15) is 0 Å². The Morgan fingerprint density at radius 2 is 1.87 bits per heavy atom. The predicted octanol–water partition coefficient (Wildman–Crippen LogP) is 3.74. The lowest BCUT2D eigenvalue weighted by Crippen LogP contribution is -2.40. The highest BCUT2D eigenvalue weighted by atomic mass is 35.5. The molecule has 0 radical (unpaired) electrons. The van der Waals surface area contributed by atoms with Crippen LogP contribution in [-0.2, 0) is 13.1 Å². The fraction of sp³-hybridized carbons (Fsp3) is 0.227. The van der Waals surface area contributed by atoms with Gasteiger partial charge in [0.1, 0.15) is 0 Å². The van der Waals surface area contributed by atoms with E-state index >= 15 is 0 Å². The van der Waals surface area contributed by atoms with E-state index in [-0.39, 0.29) is 17.7 Å². The van der Waals surface area contributed by atoms with Crippen LogP contribution in [0.25, 0.3) is 16.9 Å². The molecule has 158 valence electrons. The Labute approximate surface area is 180 Å². The summed E-state index contributed by atoms with van der Waals surface area (Å²) in [5.74, 6) is -1.62. The van der Waals surface area contributed by atoms with Gasteiger partial charge in [-0.3, -0.25) is 9.36 Å². The van der Waals surface area contributed by atoms with Gasteiger partial charge in [-0.1, -0.05) is 23.7 Å². The Morgan fingerprint density at radius 3 is 2.58 bits per heavy atom. The summed E-state index contributed by atoms with van der Waals surface area (Å²) >= 11 is 6.13. The number of aromatic nitrogens is 4. The molecule has 0 aliphatic heterocycles. The molecule has 6 nitrogen and oxygen atoms in total. The monoisotopic (exact) mass is 442 g/mol. The van der Waals surface area contributed by atoms with Crippen molar-refractivity contribution in [2.75, 3.05) is 0 Å². The predicted molar refractivity (Wildman–Crippen MR) is 113 cm³/mol. The first-order valence-corrected chi connectivity index (χ1v) is 10.2. The molecule has 5 rings (SSSR count). The first kappa shape index (κ1) is 19.7. The van der Waals surface area contributed by atoms with Crippen LogP contribution in [0.3, 0.4) is 0 Å². The molecule has 0 atom stereocenters. The van der Waals surface area contributed by atoms with E-state index in [0.717, 1.165) is 25.0 Å². The molecular formula is C22H17ClF2N4O2. The van der Waals surface area contributed by atoms with E-state index in [2.05, 4.69) is 4.98 Å². The molecule has 4 aromatic rings. The molecule has 0 bridgehead atoms. The van der Waals surface area contributed by atoms with Crippen molar-refractivity contribution in [1.82, 2.24) is 18.7 Å².